The molecule has 14 nitrogen and oxygen atoms in total. The molecule has 3 amide bonds. The van der Waals surface area contributed by atoms with E-state index in [0.717, 1.165) is 22.7 Å². The molecule has 3 rings (SSSR count). The van der Waals surface area contributed by atoms with Gasteiger partial charge < -0.3 is 25.1 Å². The molecular formula is C27H34N6O8S3. The molecule has 0 aliphatic rings. The highest BCUT2D eigenvalue weighted by atomic mass is 32.2. The van der Waals surface area contributed by atoms with Gasteiger partial charge in [0.1, 0.15) is 6.54 Å². The van der Waals surface area contributed by atoms with Crippen LogP contribution in [0.15, 0.2) is 58.8 Å². The third-order valence-corrected chi connectivity index (χ3v) is 8.89. The second-order valence-corrected chi connectivity index (χ2v) is 12.5. The standard InChI is InChI=1S/C27H34N6O8S3/c1-2-3-12-32(23(36)17-33-24(37)18-43-27(33)42)21-8-10-22(11-9-21)44(40,41)30-20-6-4-19(5-7-20)28-29-25(38)26(39)31(13-15-34)14-16-35/h4-11,18,28,30,34-35,37H,2-3,12-17H2,1H3,(H,29,38). The van der Waals surface area contributed by atoms with Crippen LogP contribution in [0.25, 0.3) is 0 Å². The molecule has 0 unspecified atom stereocenters. The van der Waals surface area contributed by atoms with Gasteiger partial charge in [0.2, 0.25) is 11.8 Å². The van der Waals surface area contributed by atoms with E-state index in [1.54, 1.807) is 0 Å². The molecule has 3 aromatic rings. The molecule has 6 N–H and O–H groups in total. The smallest absolute Gasteiger partial charge is 0.327 e. The fraction of sp³-hybridized carbons (Fsp3) is 0.333. The monoisotopic (exact) mass is 666 g/mol. The topological polar surface area (TPSA) is 194 Å². The lowest BCUT2D eigenvalue weighted by Crippen LogP contribution is -2.46. The van der Waals surface area contributed by atoms with Crippen molar-refractivity contribution < 1.29 is 38.1 Å². The van der Waals surface area contributed by atoms with Crippen LogP contribution in [0.3, 0.4) is 0 Å². The summed E-state index contributed by atoms with van der Waals surface area (Å²) in [6.07, 6.45) is 1.54. The first-order chi connectivity index (χ1) is 21.0. The molecule has 238 valence electrons. The minimum absolute atomic E-state index is 0.0369. The Morgan fingerprint density at radius 2 is 1.57 bits per heavy atom. The third kappa shape index (κ3) is 9.23. The highest BCUT2D eigenvalue weighted by molar-refractivity contribution is 7.92. The van der Waals surface area contributed by atoms with Gasteiger partial charge >= 0.3 is 11.8 Å². The van der Waals surface area contributed by atoms with Crippen LogP contribution < -0.4 is 20.5 Å². The van der Waals surface area contributed by atoms with Gasteiger partial charge in [-0.15, -0.1) is 11.3 Å². The molecule has 0 aliphatic heterocycles. The first kappa shape index (κ1) is 34.5. The van der Waals surface area contributed by atoms with Gasteiger partial charge in [0, 0.05) is 31.0 Å². The minimum Gasteiger partial charge on any atom is -0.494 e. The van der Waals surface area contributed by atoms with E-state index in [0.29, 0.717) is 28.3 Å². The van der Waals surface area contributed by atoms with E-state index < -0.39 is 21.8 Å². The Bertz CT molecular complexity index is 1580. The maximum atomic E-state index is 13.1. The number of hydrogen-bond acceptors (Lipinski definition) is 11. The Labute approximate surface area is 263 Å². The van der Waals surface area contributed by atoms with Crippen LogP contribution in [0.2, 0.25) is 0 Å². The summed E-state index contributed by atoms with van der Waals surface area (Å²) in [5.41, 5.74) is 5.83. The molecular weight excluding hydrogens is 633 g/mol. The van der Waals surface area contributed by atoms with Gasteiger partial charge in [-0.1, -0.05) is 13.3 Å². The quantitative estimate of drug-likeness (QED) is 0.0793. The number of aliphatic hydroxyl groups is 2. The number of nitrogens with one attached hydrogen (secondary N) is 3. The van der Waals surface area contributed by atoms with E-state index in [2.05, 4.69) is 15.6 Å². The fourth-order valence-electron chi connectivity index (χ4n) is 3.93. The van der Waals surface area contributed by atoms with E-state index in [4.69, 9.17) is 22.4 Å². The van der Waals surface area contributed by atoms with E-state index in [9.17, 15) is 27.9 Å². The number of anilines is 3. The van der Waals surface area contributed by atoms with Gasteiger partial charge in [-0.2, -0.15) is 0 Å². The molecule has 0 radical (unpaired) electrons. The number of nitrogens with zero attached hydrogens (tertiary/aromatic N) is 3. The molecule has 17 heteroatoms. The third-order valence-electron chi connectivity index (χ3n) is 6.23. The molecule has 0 saturated heterocycles. The number of rotatable bonds is 15. The van der Waals surface area contributed by atoms with Gasteiger partial charge in [-0.25, -0.2) is 8.42 Å². The molecule has 44 heavy (non-hydrogen) atoms. The molecule has 0 aliphatic carbocycles. The molecule has 0 saturated carbocycles. The highest BCUT2D eigenvalue weighted by Gasteiger charge is 2.22. The van der Waals surface area contributed by atoms with Crippen molar-refractivity contribution in [2.24, 2.45) is 0 Å². The largest absolute Gasteiger partial charge is 0.494 e. The average molecular weight is 667 g/mol. The van der Waals surface area contributed by atoms with Gasteiger partial charge in [0.05, 0.1) is 29.2 Å². The van der Waals surface area contributed by atoms with Crippen molar-refractivity contribution in [1.29, 1.82) is 0 Å². The number of aromatic hydroxyl groups is 1. The van der Waals surface area contributed by atoms with Crippen molar-refractivity contribution in [3.8, 4) is 5.88 Å². The second kappa shape index (κ2) is 16.2. The zero-order valence-corrected chi connectivity index (χ0v) is 26.3. The summed E-state index contributed by atoms with van der Waals surface area (Å²) in [5.74, 6) is -2.36. The number of thiazole rings is 1. The summed E-state index contributed by atoms with van der Waals surface area (Å²) < 4.78 is 30.2. The number of sulfonamides is 1. The van der Waals surface area contributed by atoms with Crippen LogP contribution in [-0.2, 0) is 31.0 Å². The first-order valence-corrected chi connectivity index (χ1v) is 16.3. The lowest BCUT2D eigenvalue weighted by Gasteiger charge is -2.23. The van der Waals surface area contributed by atoms with Crippen LogP contribution in [0.1, 0.15) is 19.8 Å². The number of hydrogen-bond donors (Lipinski definition) is 6. The molecule has 2 aromatic carbocycles. The predicted octanol–water partition coefficient (Wildman–Crippen LogP) is 1.88. The molecule has 0 spiro atoms. The first-order valence-electron chi connectivity index (χ1n) is 13.5. The minimum atomic E-state index is -4.00. The van der Waals surface area contributed by atoms with Gasteiger partial charge in [0.25, 0.3) is 10.0 Å². The summed E-state index contributed by atoms with van der Waals surface area (Å²) >= 11 is 6.34. The number of hydrazine groups is 1. The van der Waals surface area contributed by atoms with Crippen LogP contribution >= 0.6 is 23.6 Å². The van der Waals surface area contributed by atoms with Crippen LogP contribution in [0.4, 0.5) is 17.1 Å². The average Bonchev–Trinajstić information content (AvgIpc) is 3.32. The van der Waals surface area contributed by atoms with Crippen LogP contribution in [0, 0.1) is 3.95 Å². The Balaban J connectivity index is 1.64. The summed E-state index contributed by atoms with van der Waals surface area (Å²) in [7, 11) is -4.00. The van der Waals surface area contributed by atoms with Crippen molar-refractivity contribution in [2.45, 2.75) is 31.2 Å². The van der Waals surface area contributed by atoms with Crippen molar-refractivity contribution in [3.05, 3.63) is 57.9 Å². The summed E-state index contributed by atoms with van der Waals surface area (Å²) in [6, 6.07) is 11.7. The molecule has 0 bridgehead atoms. The maximum Gasteiger partial charge on any atom is 0.327 e. The number of aromatic nitrogens is 1. The van der Waals surface area contributed by atoms with Gasteiger partial charge in [-0.3, -0.25) is 34.5 Å². The zero-order valence-electron chi connectivity index (χ0n) is 23.8. The van der Waals surface area contributed by atoms with Gasteiger partial charge in [0.15, 0.2) is 3.95 Å². The lowest BCUT2D eigenvalue weighted by atomic mass is 10.2. The number of amides is 3. The van der Waals surface area contributed by atoms with E-state index in [-0.39, 0.29) is 55.2 Å². The number of unbranched alkanes of at least 4 members (excludes halogenated alkanes) is 1. The zero-order chi connectivity index (χ0) is 32.3. The summed E-state index contributed by atoms with van der Waals surface area (Å²) in [5, 5.41) is 29.5. The van der Waals surface area contributed by atoms with Crippen molar-refractivity contribution >= 4 is 68.4 Å². The second-order valence-electron chi connectivity index (χ2n) is 9.34. The molecule has 1 aromatic heterocycles. The van der Waals surface area contributed by atoms with E-state index >= 15 is 0 Å². The number of benzene rings is 2. The highest BCUT2D eigenvalue weighted by Crippen LogP contribution is 2.23. The van der Waals surface area contributed by atoms with E-state index in [1.165, 1.54) is 63.4 Å². The Morgan fingerprint density at radius 3 is 2.11 bits per heavy atom. The number of aliphatic hydroxyl groups excluding tert-OH is 2. The van der Waals surface area contributed by atoms with Crippen molar-refractivity contribution in [2.75, 3.05) is 47.9 Å². The molecule has 0 fully saturated rings. The fourth-order valence-corrected chi connectivity index (χ4v) is 5.91. The van der Waals surface area contributed by atoms with Crippen LogP contribution in [0.5, 0.6) is 5.88 Å². The number of carbonyl (C=O) groups is 3. The van der Waals surface area contributed by atoms with E-state index in [1.807, 2.05) is 6.92 Å². The van der Waals surface area contributed by atoms with Crippen molar-refractivity contribution in [3.63, 3.8) is 0 Å². The van der Waals surface area contributed by atoms with Crippen molar-refractivity contribution in [1.82, 2.24) is 14.9 Å². The maximum absolute atomic E-state index is 13.1. The Hall–Kier alpha value is -4.03. The lowest BCUT2D eigenvalue weighted by molar-refractivity contribution is -0.146. The van der Waals surface area contributed by atoms with Crippen LogP contribution in [-0.4, -0.2) is 83.8 Å². The SMILES string of the molecule is CCCCN(C(=O)Cn1c(O)csc1=S)c1ccc(S(=O)(=O)Nc2ccc(NNC(=O)C(=O)N(CCO)CCO)cc2)cc1. The summed E-state index contributed by atoms with van der Waals surface area (Å²) in [4.78, 5) is 39.9. The Morgan fingerprint density at radius 1 is 0.955 bits per heavy atom. The van der Waals surface area contributed by atoms with Gasteiger partial charge in [-0.05, 0) is 67.2 Å². The normalized spacial score (nSPS) is 11.1. The molecule has 1 heterocycles. The molecule has 0 atom stereocenters. The predicted molar refractivity (Wildman–Crippen MR) is 168 cm³/mol. The summed E-state index contributed by atoms with van der Waals surface area (Å²) in [6.45, 7) is 1.25. The Kier molecular flexibility index (Phi) is 12.7. The number of carbonyl (C=O) groups excluding carboxylic acids is 3.